The molecule has 0 spiro atoms. The molecular weight excluding hydrogens is 495 g/mol. The third-order valence-electron chi connectivity index (χ3n) is 6.68. The van der Waals surface area contributed by atoms with Gasteiger partial charge >= 0.3 is 0 Å². The molecule has 192 valence electrons. The van der Waals surface area contributed by atoms with Crippen molar-refractivity contribution < 1.29 is 23.4 Å². The molecule has 37 heavy (non-hydrogen) atoms. The number of benzene rings is 2. The summed E-state index contributed by atoms with van der Waals surface area (Å²) in [6.45, 7) is 4.03. The summed E-state index contributed by atoms with van der Waals surface area (Å²) in [5.41, 5.74) is 1.33. The van der Waals surface area contributed by atoms with Gasteiger partial charge in [0, 0.05) is 17.6 Å². The summed E-state index contributed by atoms with van der Waals surface area (Å²) in [4.78, 5) is 32.3. The van der Waals surface area contributed by atoms with Crippen LogP contribution < -0.4 is 29.1 Å². The molecule has 1 aliphatic heterocycles. The highest BCUT2D eigenvalue weighted by Crippen LogP contribution is 2.43. The van der Waals surface area contributed by atoms with Crippen molar-refractivity contribution in [3.05, 3.63) is 84.3 Å². The number of Topliss-reactive ketones (excluding diaryl/α,β-unsaturated/α-hetero) is 1. The van der Waals surface area contributed by atoms with Crippen LogP contribution in [0.15, 0.2) is 57.5 Å². The maximum Gasteiger partial charge on any atom is 0.271 e. The minimum atomic E-state index is -0.877. The third kappa shape index (κ3) is 4.27. The molecule has 0 fully saturated rings. The molecule has 2 aliphatic rings. The average Bonchev–Trinajstić information content (AvgIpc) is 3.16. The number of halogens is 1. The number of methoxy groups -OCH3 is 3. The van der Waals surface area contributed by atoms with Gasteiger partial charge in [0.15, 0.2) is 22.1 Å². The van der Waals surface area contributed by atoms with Crippen LogP contribution in [0.25, 0.3) is 6.08 Å². The summed E-state index contributed by atoms with van der Waals surface area (Å²) in [6.07, 6.45) is 2.59. The van der Waals surface area contributed by atoms with Gasteiger partial charge in [0.25, 0.3) is 5.56 Å². The maximum atomic E-state index is 15.1. The Kier molecular flexibility index (Phi) is 6.27. The highest BCUT2D eigenvalue weighted by molar-refractivity contribution is 7.07. The molecule has 1 aromatic heterocycles. The molecule has 1 atom stereocenters. The van der Waals surface area contributed by atoms with Crippen molar-refractivity contribution in [2.75, 3.05) is 21.3 Å². The monoisotopic (exact) mass is 522 g/mol. The lowest BCUT2D eigenvalue weighted by Crippen LogP contribution is -2.42. The normalized spacial score (nSPS) is 18.7. The first-order valence-electron chi connectivity index (χ1n) is 11.8. The number of hydrogen-bond donors (Lipinski definition) is 0. The van der Waals surface area contributed by atoms with Gasteiger partial charge < -0.3 is 14.2 Å². The number of allylic oxidation sites excluding steroid dienone is 2. The lowest BCUT2D eigenvalue weighted by atomic mass is 9.73. The van der Waals surface area contributed by atoms with E-state index in [0.29, 0.717) is 56.3 Å². The van der Waals surface area contributed by atoms with E-state index < -0.39 is 11.9 Å². The van der Waals surface area contributed by atoms with E-state index in [0.717, 1.165) is 0 Å². The summed E-state index contributed by atoms with van der Waals surface area (Å²) >= 11 is 1.20. The molecule has 1 unspecified atom stereocenters. The Labute approximate surface area is 217 Å². The number of thiazole rings is 1. The minimum absolute atomic E-state index is 0.109. The van der Waals surface area contributed by atoms with Crippen LogP contribution in [0.4, 0.5) is 4.39 Å². The van der Waals surface area contributed by atoms with Crippen molar-refractivity contribution >= 4 is 23.2 Å². The Morgan fingerprint density at radius 1 is 1.05 bits per heavy atom. The van der Waals surface area contributed by atoms with E-state index in [1.807, 2.05) is 13.8 Å². The second-order valence-electron chi connectivity index (χ2n) is 9.86. The Morgan fingerprint density at radius 3 is 2.35 bits per heavy atom. The Hall–Kier alpha value is -3.72. The second-order valence-corrected chi connectivity index (χ2v) is 10.9. The first-order valence-corrected chi connectivity index (χ1v) is 12.6. The van der Waals surface area contributed by atoms with Crippen LogP contribution in [0.3, 0.4) is 0 Å². The fraction of sp³-hybridized carbons (Fsp3) is 0.321. The molecule has 0 amide bonds. The predicted molar refractivity (Wildman–Crippen MR) is 139 cm³/mol. The van der Waals surface area contributed by atoms with Crippen LogP contribution in [0, 0.1) is 11.2 Å². The molecule has 0 N–H and O–H groups in total. The number of nitrogens with zero attached hydrogens (tertiary/aromatic N) is 2. The highest BCUT2D eigenvalue weighted by atomic mass is 32.1. The number of aromatic nitrogens is 1. The van der Waals surface area contributed by atoms with E-state index in [1.54, 1.807) is 36.4 Å². The van der Waals surface area contributed by atoms with Crippen LogP contribution in [0.1, 0.15) is 43.9 Å². The number of carbonyl (C=O) groups is 1. The van der Waals surface area contributed by atoms with Crippen molar-refractivity contribution in [2.24, 2.45) is 10.4 Å². The van der Waals surface area contributed by atoms with E-state index in [-0.39, 0.29) is 22.3 Å². The zero-order valence-corrected chi connectivity index (χ0v) is 22.1. The van der Waals surface area contributed by atoms with Crippen molar-refractivity contribution in [2.45, 2.75) is 32.7 Å². The first kappa shape index (κ1) is 25.0. The molecule has 7 nitrogen and oxygen atoms in total. The molecule has 0 radical (unpaired) electrons. The zero-order valence-electron chi connectivity index (χ0n) is 21.3. The number of hydrogen-bond acceptors (Lipinski definition) is 7. The summed E-state index contributed by atoms with van der Waals surface area (Å²) in [6, 6.07) is 8.88. The molecule has 2 heterocycles. The van der Waals surface area contributed by atoms with E-state index in [1.165, 1.54) is 43.3 Å². The number of fused-ring (bicyclic) bond motifs is 1. The molecule has 2 aromatic carbocycles. The van der Waals surface area contributed by atoms with Gasteiger partial charge in [-0.15, -0.1) is 0 Å². The van der Waals surface area contributed by atoms with Crippen LogP contribution in [-0.2, 0) is 4.79 Å². The molecule has 5 rings (SSSR count). The molecule has 9 heteroatoms. The van der Waals surface area contributed by atoms with Crippen molar-refractivity contribution in [1.82, 2.24) is 4.57 Å². The summed E-state index contributed by atoms with van der Waals surface area (Å²) in [5.74, 6) is 0.763. The lowest BCUT2D eigenvalue weighted by molar-refractivity contribution is -0.118. The minimum Gasteiger partial charge on any atom is -0.493 e. The van der Waals surface area contributed by atoms with Gasteiger partial charge in [-0.25, -0.2) is 9.38 Å². The fourth-order valence-corrected chi connectivity index (χ4v) is 6.10. The summed E-state index contributed by atoms with van der Waals surface area (Å²) < 4.78 is 33.2. The average molecular weight is 523 g/mol. The highest BCUT2D eigenvalue weighted by Gasteiger charge is 2.41. The number of rotatable bonds is 5. The van der Waals surface area contributed by atoms with Crippen LogP contribution in [0.5, 0.6) is 17.2 Å². The number of ether oxygens (including phenoxy) is 3. The van der Waals surface area contributed by atoms with Gasteiger partial charge in [-0.05, 0) is 41.7 Å². The maximum absolute atomic E-state index is 15.1. The van der Waals surface area contributed by atoms with E-state index in [2.05, 4.69) is 0 Å². The smallest absolute Gasteiger partial charge is 0.271 e. The second kappa shape index (κ2) is 9.30. The fourth-order valence-electron chi connectivity index (χ4n) is 5.08. The number of ketones is 1. The van der Waals surface area contributed by atoms with E-state index >= 15 is 4.39 Å². The van der Waals surface area contributed by atoms with Crippen LogP contribution >= 0.6 is 11.3 Å². The van der Waals surface area contributed by atoms with Gasteiger partial charge in [-0.2, -0.15) is 0 Å². The van der Waals surface area contributed by atoms with Crippen molar-refractivity contribution in [3.8, 4) is 17.2 Å². The topological polar surface area (TPSA) is 79.1 Å². The predicted octanol–water partition coefficient (Wildman–Crippen LogP) is 3.77. The molecule has 1 aliphatic carbocycles. The number of carbonyl (C=O) groups excluding carboxylic acids is 1. The van der Waals surface area contributed by atoms with Gasteiger partial charge in [0.2, 0.25) is 5.75 Å². The largest absolute Gasteiger partial charge is 0.493 e. The Bertz CT molecular complexity index is 1610. The van der Waals surface area contributed by atoms with Crippen molar-refractivity contribution in [3.63, 3.8) is 0 Å². The zero-order chi connectivity index (χ0) is 26.5. The summed E-state index contributed by atoms with van der Waals surface area (Å²) in [5, 5.41) is 0. The molecule has 0 saturated heterocycles. The SMILES string of the molecule is COc1cc(C=c2sc3n(c2=O)C(c2ccccc2F)C2=C(CC(C)(C)CC2=O)N=3)cc(OC)c1OC. The van der Waals surface area contributed by atoms with Crippen LogP contribution in [-0.4, -0.2) is 31.7 Å². The van der Waals surface area contributed by atoms with E-state index in [4.69, 9.17) is 19.2 Å². The van der Waals surface area contributed by atoms with Gasteiger partial charge in [-0.3, -0.25) is 14.2 Å². The molecule has 0 saturated carbocycles. The molecular formula is C28H27FN2O5S. The van der Waals surface area contributed by atoms with Crippen LogP contribution in [0.2, 0.25) is 0 Å². The molecule has 3 aromatic rings. The molecule has 0 bridgehead atoms. The van der Waals surface area contributed by atoms with Gasteiger partial charge in [-0.1, -0.05) is 43.4 Å². The van der Waals surface area contributed by atoms with Gasteiger partial charge in [0.1, 0.15) is 5.82 Å². The standard InChI is InChI=1S/C28H27FN2O5S/c1-28(2)13-18-23(19(32)14-28)24(16-8-6-7-9-17(16)29)31-26(33)22(37-27(31)30-18)12-15-10-20(34-3)25(36-5)21(11-15)35-4/h6-12,24H,13-14H2,1-5H3. The third-order valence-corrected chi connectivity index (χ3v) is 7.66. The summed E-state index contributed by atoms with van der Waals surface area (Å²) in [7, 11) is 4.56. The Balaban J connectivity index is 1.76. The van der Waals surface area contributed by atoms with E-state index in [9.17, 15) is 9.59 Å². The van der Waals surface area contributed by atoms with Gasteiger partial charge in [0.05, 0.1) is 37.6 Å². The quantitative estimate of drug-likeness (QED) is 0.510. The van der Waals surface area contributed by atoms with Crippen molar-refractivity contribution in [1.29, 1.82) is 0 Å². The Morgan fingerprint density at radius 2 is 1.73 bits per heavy atom. The first-order chi connectivity index (χ1) is 17.7. The lowest BCUT2D eigenvalue weighted by Gasteiger charge is -2.35.